The summed E-state index contributed by atoms with van der Waals surface area (Å²) in [5.74, 6) is 1.53. The molecule has 0 saturated carbocycles. The number of rotatable bonds is 3. The first kappa shape index (κ1) is 31.9. The Morgan fingerprint density at radius 3 is 1.83 bits per heavy atom. The van der Waals surface area contributed by atoms with E-state index in [0.29, 0.717) is 5.82 Å². The quantitative estimate of drug-likeness (QED) is 0.180. The van der Waals surface area contributed by atoms with Crippen LogP contribution in [0.2, 0.25) is 0 Å². The van der Waals surface area contributed by atoms with Crippen LogP contribution < -0.4 is 0 Å². The summed E-state index contributed by atoms with van der Waals surface area (Å²) < 4.78 is 4.88. The van der Waals surface area contributed by atoms with E-state index in [9.17, 15) is 0 Å². The van der Waals surface area contributed by atoms with Gasteiger partial charge in [0, 0.05) is 48.5 Å². The third-order valence-corrected chi connectivity index (χ3v) is 13.5. The predicted molar refractivity (Wildman–Crippen MR) is 238 cm³/mol. The Labute approximate surface area is 338 Å². The topological polar surface area (TPSA) is 35.6 Å². The van der Waals surface area contributed by atoms with E-state index in [1.54, 1.807) is 0 Å². The minimum absolute atomic E-state index is 0.594. The van der Waals surface area contributed by atoms with Crippen LogP contribution in [0.15, 0.2) is 204 Å². The fraction of sp³-hybridized carbons (Fsp3) is 0.0189. The molecule has 0 fully saturated rings. The van der Waals surface area contributed by atoms with Crippen LogP contribution in [0.3, 0.4) is 0 Å². The monoisotopic (exact) mass is 756 g/mol. The number of nitrogens with zero attached hydrogens (tertiary/aromatic N) is 4. The van der Waals surface area contributed by atoms with Crippen LogP contribution in [0.1, 0.15) is 22.3 Å². The third-order valence-electron chi connectivity index (χ3n) is 12.4. The van der Waals surface area contributed by atoms with Gasteiger partial charge in [-0.2, -0.15) is 0 Å². The molecule has 5 heterocycles. The van der Waals surface area contributed by atoms with Crippen molar-refractivity contribution in [2.45, 2.75) is 15.2 Å². The Bertz CT molecular complexity index is 3430. The van der Waals surface area contributed by atoms with Crippen molar-refractivity contribution in [3.63, 3.8) is 0 Å². The van der Waals surface area contributed by atoms with Gasteiger partial charge in [-0.05, 0) is 58.7 Å². The molecule has 58 heavy (non-hydrogen) atoms. The Morgan fingerprint density at radius 2 is 1.02 bits per heavy atom. The van der Waals surface area contributed by atoms with Crippen molar-refractivity contribution < 1.29 is 0 Å². The first-order valence-corrected chi connectivity index (χ1v) is 20.6. The van der Waals surface area contributed by atoms with E-state index >= 15 is 0 Å². The molecule has 5 heteroatoms. The molecule has 0 N–H and O–H groups in total. The summed E-state index contributed by atoms with van der Waals surface area (Å²) in [6.45, 7) is 0. The van der Waals surface area contributed by atoms with E-state index < -0.39 is 5.41 Å². The Kier molecular flexibility index (Phi) is 6.55. The van der Waals surface area contributed by atoms with Gasteiger partial charge in [0.1, 0.15) is 5.82 Å². The van der Waals surface area contributed by atoms with Gasteiger partial charge < -0.3 is 4.57 Å². The van der Waals surface area contributed by atoms with Crippen LogP contribution in [-0.2, 0) is 5.41 Å². The van der Waals surface area contributed by atoms with Crippen molar-refractivity contribution in [1.29, 1.82) is 0 Å². The van der Waals surface area contributed by atoms with Gasteiger partial charge in [-0.1, -0.05) is 163 Å². The van der Waals surface area contributed by atoms with E-state index in [-0.39, 0.29) is 0 Å². The maximum atomic E-state index is 5.39. The van der Waals surface area contributed by atoms with E-state index in [4.69, 9.17) is 9.97 Å². The molecule has 2 aliphatic rings. The molecule has 0 amide bonds. The summed E-state index contributed by atoms with van der Waals surface area (Å²) in [5.41, 5.74) is 13.4. The van der Waals surface area contributed by atoms with Crippen molar-refractivity contribution in [3.8, 4) is 34.2 Å². The summed E-state index contributed by atoms with van der Waals surface area (Å²) in [6.07, 6.45) is 0. The van der Waals surface area contributed by atoms with Gasteiger partial charge in [-0.3, -0.25) is 4.57 Å². The lowest BCUT2D eigenvalue weighted by Gasteiger charge is -2.45. The number of aromatic nitrogens is 4. The number of hydrogen-bond donors (Lipinski definition) is 0. The zero-order chi connectivity index (χ0) is 38.0. The molecule has 1 atom stereocenters. The van der Waals surface area contributed by atoms with Crippen LogP contribution in [0, 0.1) is 0 Å². The predicted octanol–water partition coefficient (Wildman–Crippen LogP) is 13.2. The molecule has 1 spiro atoms. The lowest BCUT2D eigenvalue weighted by molar-refractivity contribution is 0.690. The fourth-order valence-electron chi connectivity index (χ4n) is 10.1. The van der Waals surface area contributed by atoms with E-state index in [0.717, 1.165) is 33.7 Å². The molecule has 13 rings (SSSR count). The highest BCUT2D eigenvalue weighted by atomic mass is 32.2. The third kappa shape index (κ3) is 4.20. The summed E-state index contributed by atoms with van der Waals surface area (Å²) in [4.78, 5) is 13.1. The number of para-hydroxylation sites is 4. The van der Waals surface area contributed by atoms with Gasteiger partial charge in [0.15, 0.2) is 5.82 Å². The lowest BCUT2D eigenvalue weighted by atomic mass is 9.62. The van der Waals surface area contributed by atoms with Crippen molar-refractivity contribution in [3.05, 3.63) is 216 Å². The molecule has 1 unspecified atom stereocenters. The van der Waals surface area contributed by atoms with Gasteiger partial charge in [0.2, 0.25) is 0 Å². The number of benzene rings is 8. The van der Waals surface area contributed by atoms with Crippen LogP contribution in [-0.4, -0.2) is 19.1 Å². The molecule has 0 radical (unpaired) electrons. The van der Waals surface area contributed by atoms with Crippen molar-refractivity contribution >= 4 is 55.4 Å². The maximum Gasteiger partial charge on any atom is 0.162 e. The minimum atomic E-state index is -0.594. The number of fused-ring (bicyclic) bond motifs is 14. The molecule has 0 saturated heterocycles. The van der Waals surface area contributed by atoms with Crippen molar-refractivity contribution in [2.75, 3.05) is 0 Å². The Hall–Kier alpha value is -7.21. The summed E-state index contributed by atoms with van der Waals surface area (Å²) in [6, 6.07) is 70.6. The van der Waals surface area contributed by atoms with Crippen molar-refractivity contribution in [1.82, 2.24) is 19.1 Å². The smallest absolute Gasteiger partial charge is 0.162 e. The molecule has 270 valence electrons. The Balaban J connectivity index is 1.18. The first-order chi connectivity index (χ1) is 28.8. The highest BCUT2D eigenvalue weighted by Crippen LogP contribution is 2.61. The standard InChI is InChI=1S/C53H32N4S/c1-3-16-33(17-4-1)43-32-50(55-52(54-43)34-18-5-2-6-19-34)56-44-26-11-8-21-36(44)38-30-49-42(31-47(38)56)53(40-24-10-14-29-48(40)58-49)39-23-9-13-28-46(39)57-45-27-12-7-20-35(45)37-22-15-25-41(53)51(37)57/h1-32H. The first-order valence-electron chi connectivity index (χ1n) is 19.8. The summed E-state index contributed by atoms with van der Waals surface area (Å²) in [5, 5.41) is 4.94. The van der Waals surface area contributed by atoms with Crippen molar-refractivity contribution in [2.24, 2.45) is 0 Å². The largest absolute Gasteiger partial charge is 0.309 e. The summed E-state index contributed by atoms with van der Waals surface area (Å²) >= 11 is 1.89. The highest BCUT2D eigenvalue weighted by Gasteiger charge is 2.49. The van der Waals surface area contributed by atoms with Crippen LogP contribution >= 0.6 is 11.8 Å². The molecule has 2 aliphatic heterocycles. The van der Waals surface area contributed by atoms with Crippen LogP contribution in [0.25, 0.3) is 77.8 Å². The molecule has 11 aromatic rings. The molecule has 0 bridgehead atoms. The van der Waals surface area contributed by atoms with E-state index in [1.807, 2.05) is 17.8 Å². The van der Waals surface area contributed by atoms with Gasteiger partial charge in [0.05, 0.1) is 38.9 Å². The minimum Gasteiger partial charge on any atom is -0.309 e. The van der Waals surface area contributed by atoms with Gasteiger partial charge in [-0.15, -0.1) is 0 Å². The van der Waals surface area contributed by atoms with E-state index in [1.165, 1.54) is 70.3 Å². The summed E-state index contributed by atoms with van der Waals surface area (Å²) in [7, 11) is 0. The molecule has 0 aliphatic carbocycles. The molecule has 3 aromatic heterocycles. The normalized spacial score (nSPS) is 15.2. The Morgan fingerprint density at radius 1 is 0.397 bits per heavy atom. The van der Waals surface area contributed by atoms with Gasteiger partial charge >= 0.3 is 0 Å². The second kappa shape index (κ2) is 11.9. The maximum absolute atomic E-state index is 5.39. The second-order valence-corrected chi connectivity index (χ2v) is 16.4. The average Bonchev–Trinajstić information content (AvgIpc) is 3.81. The SMILES string of the molecule is c1ccc(-c2cc(-n3c4ccccc4c4cc5c(cc43)C3(c4ccccc4S5)c4ccccc4-n4c5ccccc5c5cccc3c54)nc(-c3ccccc3)n2)cc1. The zero-order valence-corrected chi connectivity index (χ0v) is 32.0. The molecular weight excluding hydrogens is 725 g/mol. The van der Waals surface area contributed by atoms with Crippen LogP contribution in [0.5, 0.6) is 0 Å². The molecule has 4 nitrogen and oxygen atoms in total. The number of hydrogen-bond acceptors (Lipinski definition) is 3. The van der Waals surface area contributed by atoms with Crippen LogP contribution in [0.4, 0.5) is 0 Å². The fourth-order valence-corrected chi connectivity index (χ4v) is 11.3. The average molecular weight is 757 g/mol. The zero-order valence-electron chi connectivity index (χ0n) is 31.2. The van der Waals surface area contributed by atoms with Gasteiger partial charge in [0.25, 0.3) is 0 Å². The van der Waals surface area contributed by atoms with Gasteiger partial charge in [-0.25, -0.2) is 9.97 Å². The highest BCUT2D eigenvalue weighted by molar-refractivity contribution is 7.99. The molecular formula is C53H32N4S. The second-order valence-electron chi connectivity index (χ2n) is 15.3. The lowest BCUT2D eigenvalue weighted by Crippen LogP contribution is -2.37. The molecule has 8 aromatic carbocycles. The van der Waals surface area contributed by atoms with E-state index in [2.05, 4.69) is 197 Å².